The third kappa shape index (κ3) is 4.92. The van der Waals surface area contributed by atoms with Crippen LogP contribution < -0.4 is 5.73 Å². The van der Waals surface area contributed by atoms with Crippen LogP contribution >= 0.6 is 11.6 Å². The number of hydrogen-bond acceptors (Lipinski definition) is 3. The molecule has 0 heterocycles. The zero-order valence-electron chi connectivity index (χ0n) is 10.4. The number of halogens is 1. The van der Waals surface area contributed by atoms with Crippen LogP contribution in [0.25, 0.3) is 0 Å². The molecule has 0 saturated carbocycles. The molecular formula is C11H14ClN5O2. The van der Waals surface area contributed by atoms with E-state index in [1.54, 1.807) is 24.4 Å². The van der Waals surface area contributed by atoms with Gasteiger partial charge in [0.15, 0.2) is 5.03 Å². The van der Waals surface area contributed by atoms with E-state index in [1.807, 2.05) is 13.0 Å². The van der Waals surface area contributed by atoms with Gasteiger partial charge in [-0.25, -0.2) is 15.1 Å². The first-order valence-electron chi connectivity index (χ1n) is 5.56. The molecule has 1 aromatic rings. The van der Waals surface area contributed by atoms with E-state index in [2.05, 4.69) is 10.2 Å². The number of guanidine groups is 1. The lowest BCUT2D eigenvalue weighted by molar-refractivity contribution is -0.485. The van der Waals surface area contributed by atoms with E-state index in [0.29, 0.717) is 11.4 Å². The first-order chi connectivity index (χ1) is 9.04. The molecule has 0 unspecified atom stereocenters. The number of benzene rings is 1. The summed E-state index contributed by atoms with van der Waals surface area (Å²) in [6, 6.07) is 7.11. The molecule has 0 radical (unpaired) electrons. The van der Waals surface area contributed by atoms with Crippen LogP contribution in [0.2, 0.25) is 5.02 Å². The fraction of sp³-hybridized carbons (Fsp3) is 0.273. The lowest BCUT2D eigenvalue weighted by atomic mass is 10.2. The van der Waals surface area contributed by atoms with Crippen molar-refractivity contribution in [1.82, 2.24) is 5.01 Å². The predicted octanol–water partition coefficient (Wildman–Crippen LogP) is 2.04. The fourth-order valence-electron chi connectivity index (χ4n) is 1.28. The van der Waals surface area contributed by atoms with Gasteiger partial charge in [0, 0.05) is 11.2 Å². The summed E-state index contributed by atoms with van der Waals surface area (Å²) in [6.07, 6.45) is 2.25. The average Bonchev–Trinajstić information content (AvgIpc) is 2.35. The Kier molecular flexibility index (Phi) is 5.74. The second-order valence-electron chi connectivity index (χ2n) is 3.55. The van der Waals surface area contributed by atoms with E-state index in [4.69, 9.17) is 17.3 Å². The van der Waals surface area contributed by atoms with Gasteiger partial charge in [0.2, 0.25) is 0 Å². The van der Waals surface area contributed by atoms with E-state index in [-0.39, 0.29) is 12.5 Å². The van der Waals surface area contributed by atoms with Gasteiger partial charge in [-0.1, -0.05) is 36.7 Å². The molecule has 8 heteroatoms. The maximum Gasteiger partial charge on any atom is 0.289 e. The molecule has 0 aromatic heterocycles. The van der Waals surface area contributed by atoms with Gasteiger partial charge in [0.05, 0.1) is 6.54 Å². The van der Waals surface area contributed by atoms with Crippen LogP contribution in [0.1, 0.15) is 18.9 Å². The minimum Gasteiger partial charge on any atom is -0.363 e. The van der Waals surface area contributed by atoms with Crippen LogP contribution in [-0.2, 0) is 6.54 Å². The van der Waals surface area contributed by atoms with Crippen LogP contribution in [0.5, 0.6) is 0 Å². The summed E-state index contributed by atoms with van der Waals surface area (Å²) in [5, 5.41) is 18.3. The molecule has 0 aliphatic carbocycles. The van der Waals surface area contributed by atoms with Crippen LogP contribution in [0.15, 0.2) is 34.5 Å². The highest BCUT2D eigenvalue weighted by Gasteiger charge is 2.12. The molecule has 0 fully saturated rings. The minimum atomic E-state index is -0.865. The maximum atomic E-state index is 10.3. The fourth-order valence-corrected chi connectivity index (χ4v) is 1.48. The molecule has 0 atom stereocenters. The minimum absolute atomic E-state index is 0.208. The number of nitro groups is 1. The summed E-state index contributed by atoms with van der Waals surface area (Å²) in [5.74, 6) is -0.297. The summed E-state index contributed by atoms with van der Waals surface area (Å²) in [7, 11) is 0. The Morgan fingerprint density at radius 3 is 2.84 bits per heavy atom. The van der Waals surface area contributed by atoms with Gasteiger partial charge in [-0.15, -0.1) is 0 Å². The average molecular weight is 284 g/mol. The predicted molar refractivity (Wildman–Crippen MR) is 74.4 cm³/mol. The highest BCUT2D eigenvalue weighted by molar-refractivity contribution is 6.31. The number of nitrogens with two attached hydrogens (primary N) is 1. The van der Waals surface area contributed by atoms with Gasteiger partial charge in [0.1, 0.15) is 5.10 Å². The van der Waals surface area contributed by atoms with Crippen molar-refractivity contribution in [2.75, 3.05) is 0 Å². The second kappa shape index (κ2) is 7.32. The van der Waals surface area contributed by atoms with Crippen LogP contribution in [0, 0.1) is 10.1 Å². The SMILES string of the molecule is CC/C=N/N(Cc1ccccc1Cl)/C(N)=N\[N+](=O)[O-]. The lowest BCUT2D eigenvalue weighted by Crippen LogP contribution is -2.33. The molecule has 0 bridgehead atoms. The molecule has 1 aromatic carbocycles. The smallest absolute Gasteiger partial charge is 0.289 e. The Morgan fingerprint density at radius 1 is 1.58 bits per heavy atom. The summed E-state index contributed by atoms with van der Waals surface area (Å²) in [4.78, 5) is 10.3. The Hall–Kier alpha value is -2.15. The lowest BCUT2D eigenvalue weighted by Gasteiger charge is -2.16. The highest BCUT2D eigenvalue weighted by atomic mass is 35.5. The van der Waals surface area contributed by atoms with E-state index in [1.165, 1.54) is 5.01 Å². The van der Waals surface area contributed by atoms with Crippen molar-refractivity contribution in [1.29, 1.82) is 0 Å². The van der Waals surface area contributed by atoms with Gasteiger partial charge in [0.25, 0.3) is 5.96 Å². The number of nitrogens with zero attached hydrogens (tertiary/aromatic N) is 4. The molecule has 19 heavy (non-hydrogen) atoms. The molecule has 0 saturated heterocycles. The van der Waals surface area contributed by atoms with Gasteiger partial charge in [-0.05, 0) is 18.1 Å². The zero-order valence-corrected chi connectivity index (χ0v) is 11.1. The second-order valence-corrected chi connectivity index (χ2v) is 3.96. The van der Waals surface area contributed by atoms with Gasteiger partial charge < -0.3 is 5.73 Å². The standard InChI is InChI=1S/C11H14ClN5O2/c1-2-7-14-16(11(13)15-17(18)19)8-9-5-3-4-6-10(9)12/h3-7H,2,8H2,1H3,(H2,13,15)/b14-7+. The molecule has 7 nitrogen and oxygen atoms in total. The molecule has 0 amide bonds. The van der Waals surface area contributed by atoms with Crippen molar-refractivity contribution in [2.24, 2.45) is 15.9 Å². The quantitative estimate of drug-likeness (QED) is 0.387. The summed E-state index contributed by atoms with van der Waals surface area (Å²) in [5.41, 5.74) is 6.28. The van der Waals surface area contributed by atoms with E-state index >= 15 is 0 Å². The molecule has 102 valence electrons. The van der Waals surface area contributed by atoms with E-state index < -0.39 is 5.03 Å². The van der Waals surface area contributed by atoms with Crippen molar-refractivity contribution < 1.29 is 5.03 Å². The third-order valence-electron chi connectivity index (χ3n) is 2.13. The first-order valence-corrected chi connectivity index (χ1v) is 5.94. The summed E-state index contributed by atoms with van der Waals surface area (Å²) >= 11 is 6.02. The molecule has 2 N–H and O–H groups in total. The van der Waals surface area contributed by atoms with Crippen LogP contribution in [0.4, 0.5) is 0 Å². The Morgan fingerprint density at radius 2 is 2.26 bits per heavy atom. The van der Waals surface area contributed by atoms with Crippen LogP contribution in [0.3, 0.4) is 0 Å². The van der Waals surface area contributed by atoms with Gasteiger partial charge in [-0.2, -0.15) is 5.10 Å². The summed E-state index contributed by atoms with van der Waals surface area (Å²) < 4.78 is 0. The number of hydrogen-bond donors (Lipinski definition) is 1. The normalized spacial score (nSPS) is 11.8. The van der Waals surface area contributed by atoms with E-state index in [9.17, 15) is 10.1 Å². The van der Waals surface area contributed by atoms with Crippen molar-refractivity contribution in [3.63, 3.8) is 0 Å². The van der Waals surface area contributed by atoms with E-state index in [0.717, 1.165) is 5.56 Å². The van der Waals surface area contributed by atoms with Gasteiger partial charge in [-0.3, -0.25) is 0 Å². The Labute approximate surface area is 115 Å². The third-order valence-corrected chi connectivity index (χ3v) is 2.50. The largest absolute Gasteiger partial charge is 0.363 e. The zero-order chi connectivity index (χ0) is 14.3. The molecule has 1 rings (SSSR count). The molecule has 0 aliphatic heterocycles. The van der Waals surface area contributed by atoms with Crippen molar-refractivity contribution >= 4 is 23.8 Å². The Bertz CT molecular complexity index is 504. The van der Waals surface area contributed by atoms with Crippen molar-refractivity contribution in [3.05, 3.63) is 45.0 Å². The van der Waals surface area contributed by atoms with Gasteiger partial charge >= 0.3 is 0 Å². The van der Waals surface area contributed by atoms with Crippen LogP contribution in [-0.4, -0.2) is 22.2 Å². The molecule has 0 aliphatic rings. The topological polar surface area (TPSA) is 97.1 Å². The van der Waals surface area contributed by atoms with Crippen molar-refractivity contribution in [2.45, 2.75) is 19.9 Å². The first kappa shape index (κ1) is 14.9. The monoisotopic (exact) mass is 283 g/mol. The van der Waals surface area contributed by atoms with Crippen molar-refractivity contribution in [3.8, 4) is 0 Å². The molecule has 0 spiro atoms. The summed E-state index contributed by atoms with van der Waals surface area (Å²) in [6.45, 7) is 2.09. The number of hydrazone groups is 2. The molecular weight excluding hydrogens is 270 g/mol. The Balaban J connectivity index is 2.96. The highest BCUT2D eigenvalue weighted by Crippen LogP contribution is 2.17. The number of rotatable bonds is 5. The maximum absolute atomic E-state index is 10.3.